The molecule has 0 aliphatic carbocycles. The maximum atomic E-state index is 12.6. The Bertz CT molecular complexity index is 795. The van der Waals surface area contributed by atoms with Gasteiger partial charge in [-0.3, -0.25) is 9.59 Å². The van der Waals surface area contributed by atoms with Gasteiger partial charge in [-0.15, -0.1) is 0 Å². The summed E-state index contributed by atoms with van der Waals surface area (Å²) in [7, 11) is 0. The highest BCUT2D eigenvalue weighted by molar-refractivity contribution is 6.05. The Kier molecular flexibility index (Phi) is 6.32. The van der Waals surface area contributed by atoms with Crippen LogP contribution in [0.15, 0.2) is 58.8 Å². The van der Waals surface area contributed by atoms with Crippen molar-refractivity contribution in [1.29, 1.82) is 0 Å². The summed E-state index contributed by atoms with van der Waals surface area (Å²) >= 11 is 0. The van der Waals surface area contributed by atoms with Gasteiger partial charge in [0.05, 0.1) is 6.26 Å². The molecule has 0 aliphatic heterocycles. The molecule has 136 valence electrons. The van der Waals surface area contributed by atoms with Gasteiger partial charge in [-0.2, -0.15) is 0 Å². The summed E-state index contributed by atoms with van der Waals surface area (Å²) in [6.45, 7) is 3.36. The van der Waals surface area contributed by atoms with E-state index >= 15 is 0 Å². The number of carbonyl (C=O) groups is 3. The van der Waals surface area contributed by atoms with Crippen LogP contribution in [0.4, 0.5) is 0 Å². The Balaban J connectivity index is 2.27. The van der Waals surface area contributed by atoms with Gasteiger partial charge in [0.2, 0.25) is 0 Å². The number of carbonyl (C=O) groups excluding carboxylic acids is 2. The largest absolute Gasteiger partial charge is 0.480 e. The first-order chi connectivity index (χ1) is 12.4. The van der Waals surface area contributed by atoms with Gasteiger partial charge in [-0.1, -0.05) is 44.2 Å². The van der Waals surface area contributed by atoms with Gasteiger partial charge in [0.25, 0.3) is 11.8 Å². The lowest BCUT2D eigenvalue weighted by atomic mass is 10.0. The normalized spacial score (nSPS) is 12.5. The Morgan fingerprint density at radius 3 is 2.31 bits per heavy atom. The highest BCUT2D eigenvalue weighted by Gasteiger charge is 2.26. The van der Waals surface area contributed by atoms with Crippen LogP contribution in [0.2, 0.25) is 0 Å². The maximum absolute atomic E-state index is 12.6. The predicted molar refractivity (Wildman–Crippen MR) is 95.0 cm³/mol. The minimum absolute atomic E-state index is 0.0374. The topological polar surface area (TPSA) is 109 Å². The van der Waals surface area contributed by atoms with Gasteiger partial charge >= 0.3 is 5.97 Å². The van der Waals surface area contributed by atoms with E-state index in [1.807, 2.05) is 6.07 Å². The van der Waals surface area contributed by atoms with Crippen molar-refractivity contribution >= 4 is 23.9 Å². The molecule has 2 aromatic rings. The summed E-state index contributed by atoms with van der Waals surface area (Å²) in [5.41, 5.74) is 0.596. The zero-order chi connectivity index (χ0) is 19.1. The van der Waals surface area contributed by atoms with E-state index in [-0.39, 0.29) is 17.4 Å². The third-order valence-corrected chi connectivity index (χ3v) is 3.57. The molecule has 26 heavy (non-hydrogen) atoms. The number of hydrogen-bond acceptors (Lipinski definition) is 4. The number of rotatable bonds is 7. The van der Waals surface area contributed by atoms with Crippen molar-refractivity contribution in [2.24, 2.45) is 5.92 Å². The second-order valence-electron chi connectivity index (χ2n) is 5.93. The van der Waals surface area contributed by atoms with E-state index in [0.29, 0.717) is 5.56 Å². The highest BCUT2D eigenvalue weighted by Crippen LogP contribution is 2.09. The second kappa shape index (κ2) is 8.66. The third-order valence-electron chi connectivity index (χ3n) is 3.57. The summed E-state index contributed by atoms with van der Waals surface area (Å²) in [5, 5.41) is 14.2. The van der Waals surface area contributed by atoms with Crippen molar-refractivity contribution in [2.45, 2.75) is 19.9 Å². The van der Waals surface area contributed by atoms with Crippen LogP contribution < -0.4 is 10.6 Å². The monoisotopic (exact) mass is 356 g/mol. The Morgan fingerprint density at radius 1 is 1.08 bits per heavy atom. The van der Waals surface area contributed by atoms with E-state index in [2.05, 4.69) is 10.6 Å². The molecule has 2 rings (SSSR count). The molecule has 0 saturated carbocycles. The Labute approximate surface area is 150 Å². The molecular formula is C19H20N2O5. The average molecular weight is 356 g/mol. The number of furan rings is 1. The van der Waals surface area contributed by atoms with Gasteiger partial charge in [-0.25, -0.2) is 4.79 Å². The van der Waals surface area contributed by atoms with E-state index in [1.165, 1.54) is 18.4 Å². The standard InChI is InChI=1S/C19H20N2O5/c1-12(2)16(19(24)25)21-17(22)14(11-13-7-4-3-5-8-13)20-18(23)15-9-6-10-26-15/h3-12,16H,1-2H3,(H,20,23)(H,21,22)(H,24,25). The molecule has 2 amide bonds. The molecule has 0 aliphatic rings. The Hall–Kier alpha value is -3.35. The SMILES string of the molecule is CC(C)C(NC(=O)C(=Cc1ccccc1)NC(=O)c1ccco1)C(=O)O. The van der Waals surface area contributed by atoms with Crippen LogP contribution >= 0.6 is 0 Å². The fourth-order valence-electron chi connectivity index (χ4n) is 2.20. The highest BCUT2D eigenvalue weighted by atomic mass is 16.4. The van der Waals surface area contributed by atoms with Crippen molar-refractivity contribution in [2.75, 3.05) is 0 Å². The van der Waals surface area contributed by atoms with Crippen LogP contribution in [-0.4, -0.2) is 28.9 Å². The Morgan fingerprint density at radius 2 is 1.77 bits per heavy atom. The first-order valence-corrected chi connectivity index (χ1v) is 8.03. The van der Waals surface area contributed by atoms with Crippen molar-refractivity contribution in [3.63, 3.8) is 0 Å². The summed E-state index contributed by atoms with van der Waals surface area (Å²) in [4.78, 5) is 36.1. The molecular weight excluding hydrogens is 336 g/mol. The van der Waals surface area contributed by atoms with Crippen molar-refractivity contribution in [1.82, 2.24) is 10.6 Å². The molecule has 0 saturated heterocycles. The van der Waals surface area contributed by atoms with Crippen LogP contribution in [0.1, 0.15) is 30.0 Å². The van der Waals surface area contributed by atoms with Crippen LogP contribution in [0, 0.1) is 5.92 Å². The first-order valence-electron chi connectivity index (χ1n) is 8.03. The van der Waals surface area contributed by atoms with E-state index in [4.69, 9.17) is 4.42 Å². The van der Waals surface area contributed by atoms with Crippen LogP contribution in [-0.2, 0) is 9.59 Å². The summed E-state index contributed by atoms with van der Waals surface area (Å²) < 4.78 is 5.02. The number of benzene rings is 1. The molecule has 0 spiro atoms. The van der Waals surface area contributed by atoms with E-state index in [0.717, 1.165) is 0 Å². The van der Waals surface area contributed by atoms with Gasteiger partial charge in [0.1, 0.15) is 11.7 Å². The van der Waals surface area contributed by atoms with Gasteiger partial charge in [-0.05, 0) is 29.7 Å². The fraction of sp³-hybridized carbons (Fsp3) is 0.211. The molecule has 0 radical (unpaired) electrons. The van der Waals surface area contributed by atoms with Crippen molar-refractivity contribution in [3.05, 3.63) is 65.7 Å². The lowest BCUT2D eigenvalue weighted by Crippen LogP contribution is -2.47. The number of hydrogen-bond donors (Lipinski definition) is 3. The average Bonchev–Trinajstić information content (AvgIpc) is 3.14. The smallest absolute Gasteiger partial charge is 0.326 e. The fourth-order valence-corrected chi connectivity index (χ4v) is 2.20. The number of aliphatic carboxylic acids is 1. The number of carboxylic acid groups (broad SMARTS) is 1. The second-order valence-corrected chi connectivity index (χ2v) is 5.93. The molecule has 1 atom stereocenters. The van der Waals surface area contributed by atoms with E-state index < -0.39 is 23.8 Å². The molecule has 7 nitrogen and oxygen atoms in total. The minimum atomic E-state index is -1.15. The maximum Gasteiger partial charge on any atom is 0.326 e. The first kappa shape index (κ1) is 19.0. The summed E-state index contributed by atoms with van der Waals surface area (Å²) in [6.07, 6.45) is 2.81. The number of amides is 2. The van der Waals surface area contributed by atoms with Gasteiger partial charge in [0, 0.05) is 0 Å². The molecule has 1 aromatic carbocycles. The van der Waals surface area contributed by atoms with Gasteiger partial charge in [0.15, 0.2) is 5.76 Å². The van der Waals surface area contributed by atoms with E-state index in [1.54, 1.807) is 44.2 Å². The van der Waals surface area contributed by atoms with Crippen molar-refractivity contribution in [3.8, 4) is 0 Å². The predicted octanol–water partition coefficient (Wildman–Crippen LogP) is 2.28. The molecule has 3 N–H and O–H groups in total. The molecule has 0 fully saturated rings. The molecule has 0 bridgehead atoms. The molecule has 1 unspecified atom stereocenters. The van der Waals surface area contributed by atoms with Gasteiger partial charge < -0.3 is 20.2 Å². The molecule has 1 aromatic heterocycles. The molecule has 7 heteroatoms. The molecule has 1 heterocycles. The zero-order valence-electron chi connectivity index (χ0n) is 14.4. The number of nitrogens with one attached hydrogen (secondary N) is 2. The van der Waals surface area contributed by atoms with Crippen LogP contribution in [0.3, 0.4) is 0 Å². The lowest BCUT2D eigenvalue weighted by molar-refractivity contribution is -0.142. The third kappa shape index (κ3) is 5.07. The quantitative estimate of drug-likeness (QED) is 0.660. The van der Waals surface area contributed by atoms with Crippen LogP contribution in [0.25, 0.3) is 6.08 Å². The minimum Gasteiger partial charge on any atom is -0.480 e. The summed E-state index contributed by atoms with van der Waals surface area (Å²) in [5.74, 6) is -2.74. The van der Waals surface area contributed by atoms with Crippen LogP contribution in [0.5, 0.6) is 0 Å². The number of carboxylic acids is 1. The van der Waals surface area contributed by atoms with E-state index in [9.17, 15) is 19.5 Å². The zero-order valence-corrected chi connectivity index (χ0v) is 14.4. The van der Waals surface area contributed by atoms with Crippen molar-refractivity contribution < 1.29 is 23.9 Å². The lowest BCUT2D eigenvalue weighted by Gasteiger charge is -2.19. The summed E-state index contributed by atoms with van der Waals surface area (Å²) in [6, 6.07) is 10.8.